The molecule has 0 fully saturated rings. The number of rotatable bonds is 1. The van der Waals surface area contributed by atoms with E-state index in [4.69, 9.17) is 11.6 Å². The van der Waals surface area contributed by atoms with Crippen molar-refractivity contribution in [2.75, 3.05) is 5.32 Å². The van der Waals surface area contributed by atoms with Crippen LogP contribution in [0.1, 0.15) is 24.9 Å². The standard InChI is InChI=1S/C16H15ClN4O/c1-9-6-12-14(13(22)7-9)15(10-4-2-3-5-11(10)17)21-16(20-12)18-8-19-21/h2-6,8-9,14-15H,7H2,1H3,(H,18,19,20)/t9-,14-,15-/m1/s1. The van der Waals surface area contributed by atoms with Gasteiger partial charge in [0.15, 0.2) is 0 Å². The highest BCUT2D eigenvalue weighted by Crippen LogP contribution is 2.43. The SMILES string of the molecule is C[C@@H]1C=C2Nc3ncnn3[C@H](c3ccccc3Cl)[C@H]2C(=O)C1. The number of aromatic nitrogens is 3. The van der Waals surface area contributed by atoms with Gasteiger partial charge in [0.1, 0.15) is 12.1 Å². The summed E-state index contributed by atoms with van der Waals surface area (Å²) in [6.07, 6.45) is 4.16. The minimum Gasteiger partial charge on any atom is -0.328 e. The van der Waals surface area contributed by atoms with Gasteiger partial charge in [-0.2, -0.15) is 10.1 Å². The van der Waals surface area contributed by atoms with Gasteiger partial charge in [0.2, 0.25) is 5.95 Å². The van der Waals surface area contributed by atoms with Crippen molar-refractivity contribution in [2.45, 2.75) is 19.4 Å². The highest BCUT2D eigenvalue weighted by molar-refractivity contribution is 6.31. The van der Waals surface area contributed by atoms with E-state index in [-0.39, 0.29) is 23.7 Å². The van der Waals surface area contributed by atoms with Crippen molar-refractivity contribution in [3.05, 3.63) is 53.0 Å². The summed E-state index contributed by atoms with van der Waals surface area (Å²) in [5.74, 6) is 0.802. The summed E-state index contributed by atoms with van der Waals surface area (Å²) < 4.78 is 1.76. The average Bonchev–Trinajstić information content (AvgIpc) is 2.93. The Morgan fingerprint density at radius 1 is 1.36 bits per heavy atom. The molecule has 22 heavy (non-hydrogen) atoms. The lowest BCUT2D eigenvalue weighted by molar-refractivity contribution is -0.123. The molecule has 2 heterocycles. The number of benzene rings is 1. The number of allylic oxidation sites excluding steroid dienone is 2. The maximum Gasteiger partial charge on any atom is 0.226 e. The molecule has 0 saturated carbocycles. The summed E-state index contributed by atoms with van der Waals surface area (Å²) in [6.45, 7) is 2.05. The third-order valence-electron chi connectivity index (χ3n) is 4.30. The van der Waals surface area contributed by atoms with E-state index in [2.05, 4.69) is 21.5 Å². The van der Waals surface area contributed by atoms with Crippen molar-refractivity contribution in [3.63, 3.8) is 0 Å². The first-order chi connectivity index (χ1) is 10.6. The van der Waals surface area contributed by atoms with Crippen molar-refractivity contribution >= 4 is 23.3 Å². The second kappa shape index (κ2) is 4.95. The first-order valence-corrected chi connectivity index (χ1v) is 7.68. The van der Waals surface area contributed by atoms with E-state index in [9.17, 15) is 4.79 Å². The molecule has 112 valence electrons. The molecule has 0 spiro atoms. The Labute approximate surface area is 133 Å². The topological polar surface area (TPSA) is 59.8 Å². The molecule has 1 aromatic heterocycles. The molecule has 5 nitrogen and oxygen atoms in total. The van der Waals surface area contributed by atoms with Gasteiger partial charge < -0.3 is 5.32 Å². The summed E-state index contributed by atoms with van der Waals surface area (Å²) in [7, 11) is 0. The van der Waals surface area contributed by atoms with E-state index in [0.717, 1.165) is 11.3 Å². The minimum absolute atomic E-state index is 0.212. The quantitative estimate of drug-likeness (QED) is 0.879. The molecule has 1 aromatic carbocycles. The van der Waals surface area contributed by atoms with Crippen LogP contribution >= 0.6 is 11.6 Å². The number of Topliss-reactive ketones (excluding diaryl/α,β-unsaturated/α-hetero) is 1. The highest BCUT2D eigenvalue weighted by Gasteiger charge is 2.42. The van der Waals surface area contributed by atoms with Crippen molar-refractivity contribution in [1.82, 2.24) is 14.8 Å². The fourth-order valence-corrected chi connectivity index (χ4v) is 3.64. The van der Waals surface area contributed by atoms with Crippen LogP contribution in [0.5, 0.6) is 0 Å². The van der Waals surface area contributed by atoms with Gasteiger partial charge in [-0.3, -0.25) is 4.79 Å². The van der Waals surface area contributed by atoms with E-state index in [1.54, 1.807) is 4.68 Å². The molecule has 1 N–H and O–H groups in total. The maximum absolute atomic E-state index is 12.7. The van der Waals surface area contributed by atoms with E-state index >= 15 is 0 Å². The summed E-state index contributed by atoms with van der Waals surface area (Å²) in [5, 5.41) is 8.19. The average molecular weight is 315 g/mol. The number of ketones is 1. The van der Waals surface area contributed by atoms with Crippen LogP contribution in [0.25, 0.3) is 0 Å². The van der Waals surface area contributed by atoms with Crippen LogP contribution in [-0.4, -0.2) is 20.5 Å². The largest absolute Gasteiger partial charge is 0.328 e. The fourth-order valence-electron chi connectivity index (χ4n) is 3.39. The number of hydrogen-bond donors (Lipinski definition) is 1. The highest BCUT2D eigenvalue weighted by atomic mass is 35.5. The Bertz CT molecular complexity index is 782. The van der Waals surface area contributed by atoms with Crippen LogP contribution in [0.3, 0.4) is 0 Å². The predicted octanol–water partition coefficient (Wildman–Crippen LogP) is 3.06. The van der Waals surface area contributed by atoms with Crippen molar-refractivity contribution < 1.29 is 4.79 Å². The van der Waals surface area contributed by atoms with Gasteiger partial charge >= 0.3 is 0 Å². The molecule has 0 unspecified atom stereocenters. The van der Waals surface area contributed by atoms with Crippen LogP contribution in [0.4, 0.5) is 5.95 Å². The minimum atomic E-state index is -0.287. The van der Waals surface area contributed by atoms with Crippen molar-refractivity contribution in [1.29, 1.82) is 0 Å². The Balaban J connectivity index is 1.93. The van der Waals surface area contributed by atoms with E-state index in [1.165, 1.54) is 6.33 Å². The predicted molar refractivity (Wildman–Crippen MR) is 83.6 cm³/mol. The fraction of sp³-hybridized carbons (Fsp3) is 0.312. The molecule has 0 amide bonds. The first kappa shape index (κ1) is 13.5. The van der Waals surface area contributed by atoms with Crippen LogP contribution in [-0.2, 0) is 4.79 Å². The smallest absolute Gasteiger partial charge is 0.226 e. The second-order valence-electron chi connectivity index (χ2n) is 5.87. The lowest BCUT2D eigenvalue weighted by atomic mass is 9.78. The number of nitrogens with one attached hydrogen (secondary N) is 1. The molecule has 1 aliphatic carbocycles. The Hall–Kier alpha value is -2.14. The van der Waals surface area contributed by atoms with Gasteiger partial charge in [0.05, 0.1) is 12.0 Å². The monoisotopic (exact) mass is 314 g/mol. The van der Waals surface area contributed by atoms with Gasteiger partial charge in [0, 0.05) is 17.1 Å². The molecule has 0 radical (unpaired) electrons. The lowest BCUT2D eigenvalue weighted by Crippen LogP contribution is -2.40. The van der Waals surface area contributed by atoms with Crippen molar-refractivity contribution in [3.8, 4) is 0 Å². The van der Waals surface area contributed by atoms with Gasteiger partial charge in [-0.05, 0) is 17.5 Å². The summed E-state index contributed by atoms with van der Waals surface area (Å²) in [5.41, 5.74) is 1.81. The second-order valence-corrected chi connectivity index (χ2v) is 6.27. The zero-order valence-corrected chi connectivity index (χ0v) is 12.8. The molecule has 6 heteroatoms. The zero-order chi connectivity index (χ0) is 15.3. The number of halogens is 1. The Morgan fingerprint density at radius 2 is 2.18 bits per heavy atom. The third kappa shape index (κ3) is 1.96. The molecule has 3 atom stereocenters. The normalized spacial score (nSPS) is 26.7. The number of nitrogens with zero attached hydrogens (tertiary/aromatic N) is 3. The van der Waals surface area contributed by atoms with Gasteiger partial charge in [-0.25, -0.2) is 4.68 Å². The molecular weight excluding hydrogens is 300 g/mol. The molecular formula is C16H15ClN4O. The van der Waals surface area contributed by atoms with E-state index < -0.39 is 0 Å². The molecule has 4 rings (SSSR count). The molecule has 1 aliphatic heterocycles. The van der Waals surface area contributed by atoms with Crippen LogP contribution in [0.2, 0.25) is 5.02 Å². The first-order valence-electron chi connectivity index (χ1n) is 7.30. The lowest BCUT2D eigenvalue weighted by Gasteiger charge is -2.37. The van der Waals surface area contributed by atoms with Crippen molar-refractivity contribution in [2.24, 2.45) is 11.8 Å². The van der Waals surface area contributed by atoms with Crippen LogP contribution < -0.4 is 5.32 Å². The number of carbonyl (C=O) groups excluding carboxylic acids is 1. The zero-order valence-electron chi connectivity index (χ0n) is 12.0. The van der Waals surface area contributed by atoms with Gasteiger partial charge in [0.25, 0.3) is 0 Å². The Morgan fingerprint density at radius 3 is 3.00 bits per heavy atom. The Kier molecular flexibility index (Phi) is 3.04. The molecule has 2 aromatic rings. The summed E-state index contributed by atoms with van der Waals surface area (Å²) >= 11 is 6.39. The van der Waals surface area contributed by atoms with E-state index in [0.29, 0.717) is 17.4 Å². The number of hydrogen-bond acceptors (Lipinski definition) is 4. The molecule has 0 bridgehead atoms. The summed E-state index contributed by atoms with van der Waals surface area (Å²) in [6, 6.07) is 7.36. The number of anilines is 1. The molecule has 2 aliphatic rings. The van der Waals surface area contributed by atoms with Gasteiger partial charge in [-0.1, -0.05) is 42.8 Å². The maximum atomic E-state index is 12.7. The summed E-state index contributed by atoms with van der Waals surface area (Å²) in [4.78, 5) is 16.9. The molecule has 0 saturated heterocycles. The van der Waals surface area contributed by atoms with E-state index in [1.807, 2.05) is 31.2 Å². The van der Waals surface area contributed by atoms with Crippen LogP contribution in [0.15, 0.2) is 42.4 Å². The third-order valence-corrected chi connectivity index (χ3v) is 4.65. The number of fused-ring (bicyclic) bond motifs is 2. The number of carbonyl (C=O) groups is 1. The van der Waals surface area contributed by atoms with Gasteiger partial charge in [-0.15, -0.1) is 0 Å². The van der Waals surface area contributed by atoms with Crippen LogP contribution in [0, 0.1) is 11.8 Å².